The van der Waals surface area contributed by atoms with E-state index in [0.717, 1.165) is 17.3 Å². The number of methoxy groups -OCH3 is 1. The van der Waals surface area contributed by atoms with Gasteiger partial charge in [-0.2, -0.15) is 5.26 Å². The second-order valence-electron chi connectivity index (χ2n) is 8.28. The Kier molecular flexibility index (Phi) is 15.8. The zero-order valence-corrected chi connectivity index (χ0v) is 26.5. The molecule has 1 fully saturated rings. The minimum atomic E-state index is -0.824. The fraction of sp³-hybridized carbons (Fsp3) is 0.344. The Morgan fingerprint density at radius 3 is 2.11 bits per heavy atom. The van der Waals surface area contributed by atoms with Gasteiger partial charge in [-0.05, 0) is 30.0 Å². The molecule has 1 saturated heterocycles. The van der Waals surface area contributed by atoms with Crippen LogP contribution in [0.15, 0.2) is 60.7 Å². The van der Waals surface area contributed by atoms with Gasteiger partial charge in [0.2, 0.25) is 5.82 Å². The van der Waals surface area contributed by atoms with E-state index in [1.54, 1.807) is 0 Å². The first-order chi connectivity index (χ1) is 21.4. The highest BCUT2D eigenvalue weighted by molar-refractivity contribution is 6.53. The number of aromatic nitrogens is 4. The average Bonchev–Trinajstić information content (AvgIpc) is 3.60. The minimum Gasteiger partial charge on any atom is -0.494 e. The van der Waals surface area contributed by atoms with Crippen molar-refractivity contribution in [1.29, 1.82) is 5.26 Å². The maximum atomic E-state index is 13.3. The number of amides is 2. The van der Waals surface area contributed by atoms with E-state index in [2.05, 4.69) is 21.1 Å². The van der Waals surface area contributed by atoms with E-state index in [1.165, 1.54) is 35.3 Å². The number of carbonyl (C=O) groups is 3. The first kappa shape index (κ1) is 36.7. The molecule has 2 aromatic heterocycles. The lowest BCUT2D eigenvalue weighted by Gasteiger charge is -2.29. The smallest absolute Gasteiger partial charge is 0.295 e. The predicted molar refractivity (Wildman–Crippen MR) is 170 cm³/mol. The quantitative estimate of drug-likeness (QED) is 0.226. The van der Waals surface area contributed by atoms with E-state index in [4.69, 9.17) is 16.2 Å². The highest BCUT2D eigenvalue weighted by atomic mass is 16.5. The molecule has 12 nitrogen and oxygen atoms in total. The number of ketones is 1. The molecule has 2 amide bonds. The fourth-order valence-electron chi connectivity index (χ4n) is 4.15. The average molecular weight is 603 g/mol. The molecule has 4 rings (SSSR count). The summed E-state index contributed by atoms with van der Waals surface area (Å²) in [5.41, 5.74) is 13.5. The molecule has 44 heavy (non-hydrogen) atoms. The van der Waals surface area contributed by atoms with Crippen molar-refractivity contribution >= 4 is 28.7 Å². The lowest BCUT2D eigenvalue weighted by molar-refractivity contribution is -0.142. The van der Waals surface area contributed by atoms with Gasteiger partial charge in [0.15, 0.2) is 5.82 Å². The molecule has 1 aromatic carbocycles. The van der Waals surface area contributed by atoms with Crippen molar-refractivity contribution in [3.05, 3.63) is 77.6 Å². The van der Waals surface area contributed by atoms with E-state index in [-0.39, 0.29) is 41.6 Å². The summed E-state index contributed by atoms with van der Waals surface area (Å²) in [6.07, 6.45) is 4.55. The molecule has 0 saturated carbocycles. The topological polar surface area (TPSA) is 183 Å². The molecule has 12 heteroatoms. The van der Waals surface area contributed by atoms with E-state index in [0.29, 0.717) is 18.4 Å². The van der Waals surface area contributed by atoms with Crippen LogP contribution in [0.3, 0.4) is 0 Å². The van der Waals surface area contributed by atoms with Gasteiger partial charge in [-0.25, -0.2) is 14.6 Å². The Balaban J connectivity index is 0.00000152. The number of nitrogens with zero attached hydrogens (tertiary/aromatic N) is 6. The number of carbonyl (C=O) groups excluding carboxylic acids is 3. The summed E-state index contributed by atoms with van der Waals surface area (Å²) in [4.78, 5) is 47.3. The first-order valence-corrected chi connectivity index (χ1v) is 14.6. The number of piperidine rings is 1. The van der Waals surface area contributed by atoms with Gasteiger partial charge in [-0.3, -0.25) is 14.4 Å². The molecule has 0 atom stereocenters. The molecule has 0 spiro atoms. The number of rotatable bonds is 7. The summed E-state index contributed by atoms with van der Waals surface area (Å²) in [7, 11) is 1.39. The Labute approximate surface area is 259 Å². The summed E-state index contributed by atoms with van der Waals surface area (Å²) >= 11 is 0. The van der Waals surface area contributed by atoms with E-state index < -0.39 is 17.6 Å². The molecule has 0 bridgehead atoms. The normalized spacial score (nSPS) is 12.1. The van der Waals surface area contributed by atoms with Crippen LogP contribution < -0.4 is 16.2 Å². The van der Waals surface area contributed by atoms with Crippen molar-refractivity contribution in [2.24, 2.45) is 11.5 Å². The summed E-state index contributed by atoms with van der Waals surface area (Å²) in [6.45, 7) is 12.6. The zero-order chi connectivity index (χ0) is 33.2. The van der Waals surface area contributed by atoms with Crippen LogP contribution in [-0.4, -0.2) is 62.4 Å². The van der Waals surface area contributed by atoms with Gasteiger partial charge in [0.1, 0.15) is 12.1 Å². The molecule has 3 heterocycles. The third-order valence-corrected chi connectivity index (χ3v) is 6.10. The molecular formula is C32H42N8O4. The number of primary amides is 1. The fourth-order valence-corrected chi connectivity index (χ4v) is 4.15. The summed E-state index contributed by atoms with van der Waals surface area (Å²) in [6, 6.07) is 13.1. The molecule has 1 aliphatic rings. The maximum Gasteiger partial charge on any atom is 0.295 e. The van der Waals surface area contributed by atoms with Crippen molar-refractivity contribution in [3.63, 3.8) is 0 Å². The number of pyridine rings is 1. The van der Waals surface area contributed by atoms with Crippen LogP contribution in [0, 0.1) is 11.3 Å². The van der Waals surface area contributed by atoms with Gasteiger partial charge >= 0.3 is 0 Å². The second kappa shape index (κ2) is 19.0. The summed E-state index contributed by atoms with van der Waals surface area (Å²) in [5.74, 6) is -2.18. The van der Waals surface area contributed by atoms with E-state index >= 15 is 0 Å². The number of nitriles is 1. The van der Waals surface area contributed by atoms with Gasteiger partial charge in [-0.15, -0.1) is 5.10 Å². The predicted octanol–water partition coefficient (Wildman–Crippen LogP) is 4.32. The molecular weight excluding hydrogens is 560 g/mol. The minimum absolute atomic E-state index is 0.0888. The Morgan fingerprint density at radius 2 is 1.61 bits per heavy atom. The van der Waals surface area contributed by atoms with Crippen LogP contribution in [0.25, 0.3) is 17.0 Å². The first-order valence-electron chi connectivity index (χ1n) is 14.6. The number of hydrogen-bond donors (Lipinski definition) is 2. The Hall–Kier alpha value is -5.31. The number of ether oxygens (including phenoxy) is 1. The van der Waals surface area contributed by atoms with E-state index in [1.807, 2.05) is 71.9 Å². The van der Waals surface area contributed by atoms with Crippen molar-refractivity contribution in [2.75, 3.05) is 20.2 Å². The Morgan fingerprint density at radius 1 is 1.00 bits per heavy atom. The molecule has 1 aliphatic heterocycles. The number of nitrogens with two attached hydrogens (primary N) is 2. The van der Waals surface area contributed by atoms with Crippen LogP contribution in [0.1, 0.15) is 76.1 Å². The molecule has 0 radical (unpaired) electrons. The molecule has 234 valence electrons. The molecule has 0 unspecified atom stereocenters. The standard InChI is InChI=1S/C26H24N8O4.3C2H6/c1-38-21-14-30-22(34-15-31-25(32-34)24(29)36)11-18(21)20(13-28)23(35)26(37)33-9-7-17(8-10-33)19(12-27)16-5-3-2-4-6-16;3*1-2/h2-6,11,13-15H,7-10,28H2,1H3,(H2,29,36);3*1-2H3/b20-13+;;;. The van der Waals surface area contributed by atoms with Gasteiger partial charge in [-0.1, -0.05) is 71.9 Å². The largest absolute Gasteiger partial charge is 0.494 e. The van der Waals surface area contributed by atoms with Gasteiger partial charge < -0.3 is 21.1 Å². The molecule has 0 aliphatic carbocycles. The maximum absolute atomic E-state index is 13.3. The summed E-state index contributed by atoms with van der Waals surface area (Å²) < 4.78 is 6.54. The lowest BCUT2D eigenvalue weighted by Crippen LogP contribution is -2.41. The third kappa shape index (κ3) is 8.84. The summed E-state index contributed by atoms with van der Waals surface area (Å²) in [5, 5.41) is 13.6. The lowest BCUT2D eigenvalue weighted by atomic mass is 9.93. The van der Waals surface area contributed by atoms with Crippen LogP contribution in [0.5, 0.6) is 5.75 Å². The number of benzene rings is 1. The van der Waals surface area contributed by atoms with Gasteiger partial charge in [0, 0.05) is 24.9 Å². The molecule has 4 N–H and O–H groups in total. The third-order valence-electron chi connectivity index (χ3n) is 6.10. The van der Waals surface area contributed by atoms with Gasteiger partial charge in [0.25, 0.3) is 17.6 Å². The van der Waals surface area contributed by atoms with Crippen molar-refractivity contribution < 1.29 is 19.1 Å². The number of Topliss-reactive ketones (excluding diaryl/α,β-unsaturated/α-hetero) is 1. The van der Waals surface area contributed by atoms with Gasteiger partial charge in [0.05, 0.1) is 30.5 Å². The van der Waals surface area contributed by atoms with Crippen molar-refractivity contribution in [1.82, 2.24) is 24.6 Å². The van der Waals surface area contributed by atoms with Crippen LogP contribution in [0.4, 0.5) is 0 Å². The number of likely N-dealkylation sites (tertiary alicyclic amines) is 1. The second-order valence-corrected chi connectivity index (χ2v) is 8.28. The molecule has 3 aromatic rings. The highest BCUT2D eigenvalue weighted by Crippen LogP contribution is 2.30. The van der Waals surface area contributed by atoms with Crippen LogP contribution >= 0.6 is 0 Å². The SMILES string of the molecule is CC.CC.CC.COc1cnc(-n2cnc(C(N)=O)n2)cc1/C(=C\N)C(=O)C(=O)N1CCC(=C(C#N)c2ccccc2)CC1. The number of allylic oxidation sites excluding steroid dienone is 1. The zero-order valence-electron chi connectivity index (χ0n) is 26.5. The van der Waals surface area contributed by atoms with Crippen LogP contribution in [-0.2, 0) is 9.59 Å². The van der Waals surface area contributed by atoms with Crippen LogP contribution in [0.2, 0.25) is 0 Å². The number of hydrogen-bond acceptors (Lipinski definition) is 9. The monoisotopic (exact) mass is 602 g/mol. The van der Waals surface area contributed by atoms with Crippen molar-refractivity contribution in [2.45, 2.75) is 54.4 Å². The van der Waals surface area contributed by atoms with E-state index in [9.17, 15) is 19.6 Å². The Bertz CT molecular complexity index is 1490. The van der Waals surface area contributed by atoms with Crippen molar-refractivity contribution in [3.8, 4) is 17.6 Å². The highest BCUT2D eigenvalue weighted by Gasteiger charge is 2.30.